The van der Waals surface area contributed by atoms with E-state index in [1.54, 1.807) is 0 Å². The summed E-state index contributed by atoms with van der Waals surface area (Å²) >= 11 is 0. The largest absolute Gasteiger partial charge is 0.302 e. The van der Waals surface area contributed by atoms with Gasteiger partial charge in [-0.05, 0) is 30.2 Å². The smallest absolute Gasteiger partial charge is 0.0789 e. The van der Waals surface area contributed by atoms with Gasteiger partial charge in [-0.25, -0.2) is 0 Å². The zero-order valence-corrected chi connectivity index (χ0v) is 9.77. The Morgan fingerprint density at radius 2 is 1.88 bits per heavy atom. The van der Waals surface area contributed by atoms with Crippen molar-refractivity contribution in [2.24, 2.45) is 0 Å². The van der Waals surface area contributed by atoms with Crippen molar-refractivity contribution in [3.05, 3.63) is 59.7 Å². The molecule has 3 heteroatoms. The van der Waals surface area contributed by atoms with E-state index < -0.39 is 0 Å². The Hall–Kier alpha value is -2.00. The normalized spacial score (nSPS) is 13.4. The van der Waals surface area contributed by atoms with E-state index in [4.69, 9.17) is 0 Å². The zero-order chi connectivity index (χ0) is 11.7. The summed E-state index contributed by atoms with van der Waals surface area (Å²) in [5.74, 6) is 0. The van der Waals surface area contributed by atoms with E-state index in [-0.39, 0.29) is 0 Å². The monoisotopic (exact) mass is 225 g/mol. The zero-order valence-electron chi connectivity index (χ0n) is 9.77. The highest BCUT2D eigenvalue weighted by molar-refractivity contribution is 5.73. The lowest BCUT2D eigenvalue weighted by Crippen LogP contribution is -2.35. The lowest BCUT2D eigenvalue weighted by atomic mass is 10.1. The molecule has 0 saturated heterocycles. The summed E-state index contributed by atoms with van der Waals surface area (Å²) in [6, 6.07) is 16.8. The summed E-state index contributed by atoms with van der Waals surface area (Å²) in [4.78, 5) is 0. The highest BCUT2D eigenvalue weighted by Crippen LogP contribution is 2.30. The number of fused-ring (bicyclic) bond motifs is 1. The second-order valence-electron chi connectivity index (χ2n) is 4.33. The van der Waals surface area contributed by atoms with E-state index >= 15 is 0 Å². The van der Waals surface area contributed by atoms with E-state index in [1.807, 2.05) is 6.07 Å². The van der Waals surface area contributed by atoms with Gasteiger partial charge in [0.1, 0.15) is 0 Å². The number of aryl methyl sites for hydroxylation is 1. The molecule has 0 saturated carbocycles. The molecule has 0 fully saturated rings. The van der Waals surface area contributed by atoms with Gasteiger partial charge in [-0.15, -0.1) is 5.53 Å². The molecule has 0 bridgehead atoms. The standard InChI is InChI=1S/C14H15N3/c1-11-7-8-13-14(9-11)17(16-15-13)10-12-5-3-2-4-6-12/h2-9,15-16H,10H2,1H3. The Morgan fingerprint density at radius 3 is 2.71 bits per heavy atom. The fourth-order valence-corrected chi connectivity index (χ4v) is 2.05. The number of rotatable bonds is 2. The van der Waals surface area contributed by atoms with Crippen LogP contribution >= 0.6 is 0 Å². The lowest BCUT2D eigenvalue weighted by Gasteiger charge is -2.18. The molecule has 17 heavy (non-hydrogen) atoms. The summed E-state index contributed by atoms with van der Waals surface area (Å²) in [5.41, 5.74) is 11.2. The maximum Gasteiger partial charge on any atom is 0.0789 e. The van der Waals surface area contributed by atoms with Crippen LogP contribution in [0.3, 0.4) is 0 Å². The fourth-order valence-electron chi connectivity index (χ4n) is 2.05. The Bertz CT molecular complexity index is 522. The molecule has 0 aliphatic carbocycles. The third kappa shape index (κ3) is 1.97. The number of hydrogen-bond donors (Lipinski definition) is 2. The van der Waals surface area contributed by atoms with Crippen LogP contribution in [0.15, 0.2) is 48.5 Å². The second kappa shape index (κ2) is 4.11. The first-order valence-electron chi connectivity index (χ1n) is 5.77. The third-order valence-electron chi connectivity index (χ3n) is 2.95. The summed E-state index contributed by atoms with van der Waals surface area (Å²) in [6.07, 6.45) is 0. The van der Waals surface area contributed by atoms with Gasteiger partial charge in [-0.1, -0.05) is 36.4 Å². The molecule has 1 heterocycles. The number of benzene rings is 2. The topological polar surface area (TPSA) is 27.3 Å². The van der Waals surface area contributed by atoms with E-state index in [0.29, 0.717) is 0 Å². The highest BCUT2D eigenvalue weighted by atomic mass is 15.7. The van der Waals surface area contributed by atoms with Crippen LogP contribution in [0, 0.1) is 6.92 Å². The van der Waals surface area contributed by atoms with Gasteiger partial charge >= 0.3 is 0 Å². The predicted octanol–water partition coefficient (Wildman–Crippen LogP) is 2.85. The second-order valence-corrected chi connectivity index (χ2v) is 4.33. The summed E-state index contributed by atoms with van der Waals surface area (Å²) in [6.45, 7) is 2.96. The Balaban J connectivity index is 1.86. The van der Waals surface area contributed by atoms with Gasteiger partial charge in [0.05, 0.1) is 17.9 Å². The Labute approximate surface area is 101 Å². The molecule has 0 spiro atoms. The van der Waals surface area contributed by atoms with Gasteiger partial charge < -0.3 is 5.43 Å². The maximum absolute atomic E-state index is 3.18. The number of nitrogens with zero attached hydrogens (tertiary/aromatic N) is 1. The Morgan fingerprint density at radius 1 is 1.06 bits per heavy atom. The van der Waals surface area contributed by atoms with Crippen molar-refractivity contribution in [3.63, 3.8) is 0 Å². The first kappa shape index (κ1) is 10.2. The number of nitrogens with one attached hydrogen (secondary N) is 2. The number of anilines is 2. The van der Waals surface area contributed by atoms with Crippen molar-refractivity contribution in [1.82, 2.24) is 5.53 Å². The molecule has 86 valence electrons. The molecular weight excluding hydrogens is 210 g/mol. The first-order valence-corrected chi connectivity index (χ1v) is 5.77. The van der Waals surface area contributed by atoms with Crippen molar-refractivity contribution in [3.8, 4) is 0 Å². The van der Waals surface area contributed by atoms with Crippen LogP contribution in [0.5, 0.6) is 0 Å². The van der Waals surface area contributed by atoms with Gasteiger partial charge in [0, 0.05) is 0 Å². The van der Waals surface area contributed by atoms with Crippen molar-refractivity contribution in [1.29, 1.82) is 0 Å². The minimum Gasteiger partial charge on any atom is -0.302 e. The van der Waals surface area contributed by atoms with E-state index in [1.165, 1.54) is 16.8 Å². The fraction of sp³-hybridized carbons (Fsp3) is 0.143. The molecule has 2 N–H and O–H groups in total. The van der Waals surface area contributed by atoms with Crippen molar-refractivity contribution < 1.29 is 0 Å². The average Bonchev–Trinajstić information content (AvgIpc) is 2.73. The van der Waals surface area contributed by atoms with Crippen LogP contribution in [0.4, 0.5) is 11.4 Å². The SMILES string of the molecule is Cc1ccc2c(c1)N(Cc1ccccc1)NN2. The molecule has 2 aromatic rings. The van der Waals surface area contributed by atoms with E-state index in [2.05, 4.69) is 65.4 Å². The van der Waals surface area contributed by atoms with Crippen molar-refractivity contribution >= 4 is 11.4 Å². The summed E-state index contributed by atoms with van der Waals surface area (Å²) in [5, 5.41) is 2.12. The molecule has 0 atom stereocenters. The Kier molecular flexibility index (Phi) is 2.46. The third-order valence-corrected chi connectivity index (χ3v) is 2.95. The van der Waals surface area contributed by atoms with Crippen LogP contribution in [-0.4, -0.2) is 0 Å². The molecule has 1 aliphatic heterocycles. The molecule has 0 amide bonds. The number of hydrogen-bond acceptors (Lipinski definition) is 3. The lowest BCUT2D eigenvalue weighted by molar-refractivity contribution is 0.726. The minimum atomic E-state index is 0.851. The molecule has 0 radical (unpaired) electrons. The van der Waals surface area contributed by atoms with Crippen LogP contribution in [-0.2, 0) is 6.54 Å². The quantitative estimate of drug-likeness (QED) is 0.823. The molecular formula is C14H15N3. The summed E-state index contributed by atoms with van der Waals surface area (Å²) in [7, 11) is 0. The molecule has 2 aromatic carbocycles. The van der Waals surface area contributed by atoms with Crippen molar-refractivity contribution in [2.75, 3.05) is 10.4 Å². The molecule has 1 aliphatic rings. The molecule has 3 nitrogen and oxygen atoms in total. The maximum atomic E-state index is 3.18. The minimum absolute atomic E-state index is 0.851. The average molecular weight is 225 g/mol. The van der Waals surface area contributed by atoms with Gasteiger partial charge in [-0.3, -0.25) is 5.01 Å². The van der Waals surface area contributed by atoms with E-state index in [9.17, 15) is 0 Å². The van der Waals surface area contributed by atoms with Gasteiger partial charge in [0.15, 0.2) is 0 Å². The van der Waals surface area contributed by atoms with Crippen molar-refractivity contribution in [2.45, 2.75) is 13.5 Å². The van der Waals surface area contributed by atoms with Gasteiger partial charge in [0.25, 0.3) is 0 Å². The highest BCUT2D eigenvalue weighted by Gasteiger charge is 2.17. The van der Waals surface area contributed by atoms with Crippen LogP contribution in [0.1, 0.15) is 11.1 Å². The van der Waals surface area contributed by atoms with Crippen LogP contribution < -0.4 is 16.0 Å². The first-order chi connectivity index (χ1) is 8.33. The predicted molar refractivity (Wildman–Crippen MR) is 70.6 cm³/mol. The number of hydrazine groups is 2. The molecule has 3 rings (SSSR count). The van der Waals surface area contributed by atoms with E-state index in [0.717, 1.165) is 12.2 Å². The van der Waals surface area contributed by atoms with Crippen LogP contribution in [0.25, 0.3) is 0 Å². The molecule has 0 unspecified atom stereocenters. The molecule has 0 aromatic heterocycles. The summed E-state index contributed by atoms with van der Waals surface area (Å²) < 4.78 is 0. The van der Waals surface area contributed by atoms with Gasteiger partial charge in [0.2, 0.25) is 0 Å². The van der Waals surface area contributed by atoms with Crippen LogP contribution in [0.2, 0.25) is 0 Å². The van der Waals surface area contributed by atoms with Gasteiger partial charge in [-0.2, -0.15) is 0 Å².